The third-order valence-electron chi connectivity index (χ3n) is 4.54. The molecule has 0 N–H and O–H groups in total. The summed E-state index contributed by atoms with van der Waals surface area (Å²) in [6.45, 7) is 2.74. The molecule has 0 radical (unpaired) electrons. The first-order valence-electron chi connectivity index (χ1n) is 9.03. The maximum Gasteiger partial charge on any atom is 0.325 e. The Morgan fingerprint density at radius 1 is 1.09 bits per heavy atom. The lowest BCUT2D eigenvalue weighted by atomic mass is 10.0. The first kappa shape index (κ1) is 19.0. The van der Waals surface area contributed by atoms with E-state index < -0.39 is 0 Å². The molecule has 22 heavy (non-hydrogen) atoms. The van der Waals surface area contributed by atoms with Crippen molar-refractivity contribution in [3.8, 4) is 0 Å². The molecule has 1 aliphatic carbocycles. The molecule has 1 amide bonds. The van der Waals surface area contributed by atoms with Gasteiger partial charge in [0, 0.05) is 13.5 Å². The Kier molecular flexibility index (Phi) is 9.93. The second-order valence-corrected chi connectivity index (χ2v) is 6.57. The smallest absolute Gasteiger partial charge is 0.325 e. The molecule has 0 saturated heterocycles. The van der Waals surface area contributed by atoms with Crippen LogP contribution in [-0.4, -0.2) is 37.0 Å². The number of unbranched alkanes of at least 4 members (excludes halogenated alkanes) is 4. The van der Waals surface area contributed by atoms with Gasteiger partial charge in [-0.3, -0.25) is 9.59 Å². The summed E-state index contributed by atoms with van der Waals surface area (Å²) in [5.74, 6) is 0.492. The van der Waals surface area contributed by atoms with E-state index in [4.69, 9.17) is 4.74 Å². The van der Waals surface area contributed by atoms with Gasteiger partial charge in [0.05, 0.1) is 6.61 Å². The molecule has 1 rings (SSSR count). The second kappa shape index (κ2) is 11.5. The number of esters is 1. The fourth-order valence-electron chi connectivity index (χ4n) is 3.04. The van der Waals surface area contributed by atoms with Crippen molar-refractivity contribution in [2.45, 2.75) is 77.6 Å². The lowest BCUT2D eigenvalue weighted by Gasteiger charge is -2.17. The molecule has 1 aliphatic rings. The number of rotatable bonds is 11. The fourth-order valence-corrected chi connectivity index (χ4v) is 3.04. The number of carbonyl (C=O) groups is 2. The summed E-state index contributed by atoms with van der Waals surface area (Å²) in [5, 5.41) is 0. The van der Waals surface area contributed by atoms with Gasteiger partial charge in [-0.05, 0) is 18.8 Å². The number of carbonyl (C=O) groups excluding carboxylic acids is 2. The number of hydrogen-bond acceptors (Lipinski definition) is 3. The Morgan fingerprint density at radius 3 is 2.45 bits per heavy atom. The molecule has 0 unspecified atom stereocenters. The van der Waals surface area contributed by atoms with Crippen molar-refractivity contribution in [3.63, 3.8) is 0 Å². The maximum absolute atomic E-state index is 12.0. The standard InChI is InChI=1S/C18H33NO3/c1-3-4-5-6-9-14-22-18(21)15-19(2)17(20)13-12-16-10-7-8-11-16/h16H,3-15H2,1-2H3. The molecule has 128 valence electrons. The Labute approximate surface area is 135 Å². The van der Waals surface area contributed by atoms with Crippen LogP contribution in [0.4, 0.5) is 0 Å². The summed E-state index contributed by atoms with van der Waals surface area (Å²) in [7, 11) is 1.69. The first-order valence-corrected chi connectivity index (χ1v) is 9.03. The molecule has 0 heterocycles. The molecular weight excluding hydrogens is 278 g/mol. The van der Waals surface area contributed by atoms with Gasteiger partial charge in [0.25, 0.3) is 0 Å². The van der Waals surface area contributed by atoms with Gasteiger partial charge in [-0.25, -0.2) is 0 Å². The van der Waals surface area contributed by atoms with Crippen LogP contribution >= 0.6 is 0 Å². The summed E-state index contributed by atoms with van der Waals surface area (Å²) < 4.78 is 5.19. The van der Waals surface area contributed by atoms with Gasteiger partial charge in [-0.2, -0.15) is 0 Å². The number of ether oxygens (including phenoxy) is 1. The Morgan fingerprint density at radius 2 is 1.77 bits per heavy atom. The third-order valence-corrected chi connectivity index (χ3v) is 4.54. The summed E-state index contributed by atoms with van der Waals surface area (Å²) in [6.07, 6.45) is 12.4. The van der Waals surface area contributed by atoms with Gasteiger partial charge in [0.15, 0.2) is 0 Å². The molecule has 0 spiro atoms. The van der Waals surface area contributed by atoms with Crippen LogP contribution in [0, 0.1) is 5.92 Å². The predicted octanol–water partition coefficient (Wildman–Crippen LogP) is 3.93. The topological polar surface area (TPSA) is 46.6 Å². The Bertz CT molecular complexity index is 324. The van der Waals surface area contributed by atoms with E-state index in [0.717, 1.165) is 19.3 Å². The van der Waals surface area contributed by atoms with Crippen LogP contribution in [0.15, 0.2) is 0 Å². The van der Waals surface area contributed by atoms with Gasteiger partial charge in [0.1, 0.15) is 6.54 Å². The van der Waals surface area contributed by atoms with Crippen LogP contribution < -0.4 is 0 Å². The van der Waals surface area contributed by atoms with Crippen LogP contribution in [0.25, 0.3) is 0 Å². The van der Waals surface area contributed by atoms with Crippen molar-refractivity contribution in [1.29, 1.82) is 0 Å². The molecular formula is C18H33NO3. The molecule has 0 atom stereocenters. The maximum atomic E-state index is 12.0. The van der Waals surface area contributed by atoms with Gasteiger partial charge in [0.2, 0.25) is 5.91 Å². The van der Waals surface area contributed by atoms with E-state index in [2.05, 4.69) is 6.92 Å². The zero-order valence-corrected chi connectivity index (χ0v) is 14.4. The highest BCUT2D eigenvalue weighted by atomic mass is 16.5. The van der Waals surface area contributed by atoms with Crippen molar-refractivity contribution < 1.29 is 14.3 Å². The minimum Gasteiger partial charge on any atom is -0.464 e. The minimum absolute atomic E-state index is 0.0618. The Hall–Kier alpha value is -1.06. The van der Waals surface area contributed by atoms with Crippen molar-refractivity contribution in [3.05, 3.63) is 0 Å². The van der Waals surface area contributed by atoms with E-state index in [9.17, 15) is 9.59 Å². The number of likely N-dealkylation sites (N-methyl/N-ethyl adjacent to an activating group) is 1. The lowest BCUT2D eigenvalue weighted by molar-refractivity contribution is -0.148. The number of nitrogens with zero attached hydrogens (tertiary/aromatic N) is 1. The van der Waals surface area contributed by atoms with E-state index >= 15 is 0 Å². The summed E-state index contributed by atoms with van der Waals surface area (Å²) in [4.78, 5) is 25.2. The van der Waals surface area contributed by atoms with Crippen molar-refractivity contribution in [2.75, 3.05) is 20.2 Å². The van der Waals surface area contributed by atoms with Gasteiger partial charge >= 0.3 is 5.97 Å². The van der Waals surface area contributed by atoms with Gasteiger partial charge in [-0.1, -0.05) is 58.3 Å². The highest BCUT2D eigenvalue weighted by Gasteiger charge is 2.18. The van der Waals surface area contributed by atoms with E-state index in [1.165, 1.54) is 49.8 Å². The molecule has 0 bridgehead atoms. The monoisotopic (exact) mass is 311 g/mol. The predicted molar refractivity (Wildman–Crippen MR) is 88.5 cm³/mol. The Balaban J connectivity index is 2.05. The molecule has 0 aliphatic heterocycles. The second-order valence-electron chi connectivity index (χ2n) is 6.57. The third kappa shape index (κ3) is 8.40. The molecule has 0 aromatic rings. The van der Waals surface area contributed by atoms with Crippen molar-refractivity contribution in [1.82, 2.24) is 4.90 Å². The molecule has 0 aromatic carbocycles. The van der Waals surface area contributed by atoms with E-state index in [1.807, 2.05) is 0 Å². The summed E-state index contributed by atoms with van der Waals surface area (Å²) in [5.41, 5.74) is 0. The number of amides is 1. The fraction of sp³-hybridized carbons (Fsp3) is 0.889. The van der Waals surface area contributed by atoms with Crippen molar-refractivity contribution in [2.24, 2.45) is 5.92 Å². The highest BCUT2D eigenvalue weighted by molar-refractivity contribution is 5.81. The van der Waals surface area contributed by atoms with Crippen molar-refractivity contribution >= 4 is 11.9 Å². The van der Waals surface area contributed by atoms with Gasteiger partial charge < -0.3 is 9.64 Å². The van der Waals surface area contributed by atoms with Gasteiger partial charge in [-0.15, -0.1) is 0 Å². The van der Waals surface area contributed by atoms with Crippen LogP contribution in [0.2, 0.25) is 0 Å². The quantitative estimate of drug-likeness (QED) is 0.429. The zero-order valence-electron chi connectivity index (χ0n) is 14.4. The molecule has 1 fully saturated rings. The molecule has 1 saturated carbocycles. The van der Waals surface area contributed by atoms with Crippen LogP contribution in [0.3, 0.4) is 0 Å². The minimum atomic E-state index is -0.285. The largest absolute Gasteiger partial charge is 0.464 e. The highest BCUT2D eigenvalue weighted by Crippen LogP contribution is 2.28. The van der Waals surface area contributed by atoms with Crippen LogP contribution in [0.5, 0.6) is 0 Å². The summed E-state index contributed by atoms with van der Waals surface area (Å²) in [6, 6.07) is 0. The molecule has 0 aromatic heterocycles. The lowest BCUT2D eigenvalue weighted by Crippen LogP contribution is -2.33. The molecule has 4 heteroatoms. The first-order chi connectivity index (χ1) is 10.6. The number of hydrogen-bond donors (Lipinski definition) is 0. The summed E-state index contributed by atoms with van der Waals surface area (Å²) >= 11 is 0. The molecule has 4 nitrogen and oxygen atoms in total. The average molecular weight is 311 g/mol. The average Bonchev–Trinajstić information content (AvgIpc) is 3.01. The van der Waals surface area contributed by atoms with Crippen LogP contribution in [0.1, 0.15) is 77.6 Å². The zero-order chi connectivity index (χ0) is 16.2. The van der Waals surface area contributed by atoms with Crippen LogP contribution in [-0.2, 0) is 14.3 Å². The normalized spacial score (nSPS) is 15.0. The SMILES string of the molecule is CCCCCCCOC(=O)CN(C)C(=O)CCC1CCCC1. The van der Waals surface area contributed by atoms with E-state index in [0.29, 0.717) is 18.9 Å². The van der Waals surface area contributed by atoms with E-state index in [1.54, 1.807) is 7.05 Å². The van der Waals surface area contributed by atoms with E-state index in [-0.39, 0.29) is 18.4 Å².